The molecule has 2 unspecified atom stereocenters. The van der Waals surface area contributed by atoms with Crippen molar-refractivity contribution in [2.75, 3.05) is 12.4 Å². The van der Waals surface area contributed by atoms with Crippen molar-refractivity contribution in [1.29, 1.82) is 0 Å². The van der Waals surface area contributed by atoms with E-state index in [9.17, 15) is 22.8 Å². The van der Waals surface area contributed by atoms with Crippen LogP contribution in [0.2, 0.25) is 0 Å². The highest BCUT2D eigenvalue weighted by Gasteiger charge is 2.39. The summed E-state index contributed by atoms with van der Waals surface area (Å²) in [5.74, 6) is -0.442. The van der Waals surface area contributed by atoms with Crippen LogP contribution in [0.5, 0.6) is 5.75 Å². The summed E-state index contributed by atoms with van der Waals surface area (Å²) in [6, 6.07) is 12.2. The molecule has 0 heterocycles. The number of ether oxygens (including phenoxy) is 1. The molecule has 1 saturated carbocycles. The maximum Gasteiger partial charge on any atom is 0.573 e. The van der Waals surface area contributed by atoms with E-state index in [-0.39, 0.29) is 35.6 Å². The van der Waals surface area contributed by atoms with Crippen LogP contribution in [-0.2, 0) is 11.3 Å². The van der Waals surface area contributed by atoms with Gasteiger partial charge in [-0.1, -0.05) is 31.2 Å². The zero-order valence-corrected chi connectivity index (χ0v) is 16.0. The summed E-state index contributed by atoms with van der Waals surface area (Å²) >= 11 is 0. The van der Waals surface area contributed by atoms with Crippen molar-refractivity contribution in [3.05, 3.63) is 59.7 Å². The summed E-state index contributed by atoms with van der Waals surface area (Å²) in [7, 11) is 1.49. The number of hydrogen-bond acceptors (Lipinski definition) is 3. The fourth-order valence-electron chi connectivity index (χ4n) is 3.06. The average molecular weight is 406 g/mol. The average Bonchev–Trinajstić information content (AvgIpc) is 3.38. The van der Waals surface area contributed by atoms with E-state index in [0.29, 0.717) is 17.2 Å². The quantitative estimate of drug-likeness (QED) is 0.771. The third kappa shape index (κ3) is 5.49. The molecule has 0 aliphatic heterocycles. The smallest absolute Gasteiger partial charge is 0.405 e. The largest absolute Gasteiger partial charge is 0.573 e. The lowest BCUT2D eigenvalue weighted by Gasteiger charge is -2.20. The Morgan fingerprint density at radius 1 is 1.17 bits per heavy atom. The molecule has 154 valence electrons. The van der Waals surface area contributed by atoms with Gasteiger partial charge in [-0.15, -0.1) is 13.2 Å². The number of nitrogens with one attached hydrogen (secondary N) is 1. The molecular weight excluding hydrogens is 385 g/mol. The van der Waals surface area contributed by atoms with Gasteiger partial charge in [0.1, 0.15) is 5.75 Å². The second-order valence-corrected chi connectivity index (χ2v) is 7.21. The minimum atomic E-state index is -4.82. The van der Waals surface area contributed by atoms with Crippen LogP contribution in [0.25, 0.3) is 0 Å². The van der Waals surface area contributed by atoms with Gasteiger partial charge in [0.2, 0.25) is 5.91 Å². The van der Waals surface area contributed by atoms with E-state index in [1.807, 2.05) is 6.92 Å². The molecule has 0 aromatic heterocycles. The fourth-order valence-corrected chi connectivity index (χ4v) is 3.06. The first-order valence-electron chi connectivity index (χ1n) is 9.14. The van der Waals surface area contributed by atoms with Crippen molar-refractivity contribution in [2.24, 2.45) is 11.8 Å². The highest BCUT2D eigenvalue weighted by Crippen LogP contribution is 2.38. The van der Waals surface area contributed by atoms with Crippen molar-refractivity contribution in [2.45, 2.75) is 26.3 Å². The molecule has 0 saturated heterocycles. The predicted molar refractivity (Wildman–Crippen MR) is 101 cm³/mol. The number of benzene rings is 2. The normalized spacial score (nSPS) is 18.1. The maximum atomic E-state index is 12.7. The molecule has 2 amide bonds. The van der Waals surface area contributed by atoms with Crippen LogP contribution < -0.4 is 10.1 Å². The molecule has 8 heteroatoms. The van der Waals surface area contributed by atoms with Crippen molar-refractivity contribution < 1.29 is 27.5 Å². The van der Waals surface area contributed by atoms with Crippen LogP contribution in [0.1, 0.15) is 29.3 Å². The molecule has 2 aromatic rings. The number of alkyl halides is 3. The number of hydrogen-bond donors (Lipinski definition) is 1. The van der Waals surface area contributed by atoms with Gasteiger partial charge in [-0.3, -0.25) is 9.59 Å². The minimum Gasteiger partial charge on any atom is -0.405 e. The Balaban J connectivity index is 1.69. The molecule has 2 aromatic carbocycles. The van der Waals surface area contributed by atoms with Crippen LogP contribution in [0.15, 0.2) is 48.5 Å². The molecule has 29 heavy (non-hydrogen) atoms. The van der Waals surface area contributed by atoms with Crippen LogP contribution in [0, 0.1) is 11.8 Å². The van der Waals surface area contributed by atoms with E-state index in [0.717, 1.165) is 6.42 Å². The SMILES string of the molecule is CC1CC1C(=O)Nc1cccc(C(=O)N(C)Cc2ccccc2OC(F)(F)F)c1. The van der Waals surface area contributed by atoms with Gasteiger partial charge >= 0.3 is 6.36 Å². The zero-order valence-electron chi connectivity index (χ0n) is 16.0. The third-order valence-corrected chi connectivity index (χ3v) is 4.78. The summed E-state index contributed by atoms with van der Waals surface area (Å²) in [6.07, 6.45) is -3.96. The van der Waals surface area contributed by atoms with Crippen molar-refractivity contribution in [3.63, 3.8) is 0 Å². The Hall–Kier alpha value is -3.03. The van der Waals surface area contributed by atoms with E-state index >= 15 is 0 Å². The molecular formula is C21H21F3N2O3. The monoisotopic (exact) mass is 406 g/mol. The number of anilines is 1. The minimum absolute atomic E-state index is 0.00201. The molecule has 0 spiro atoms. The lowest BCUT2D eigenvalue weighted by Crippen LogP contribution is -2.27. The number of amides is 2. The Morgan fingerprint density at radius 2 is 1.86 bits per heavy atom. The maximum absolute atomic E-state index is 12.7. The van der Waals surface area contributed by atoms with Gasteiger partial charge in [0.15, 0.2) is 0 Å². The fraction of sp³-hybridized carbons (Fsp3) is 0.333. The number of carbonyl (C=O) groups excluding carboxylic acids is 2. The third-order valence-electron chi connectivity index (χ3n) is 4.78. The van der Waals surface area contributed by atoms with Crippen LogP contribution in [0.4, 0.5) is 18.9 Å². The Bertz CT molecular complexity index is 914. The van der Waals surface area contributed by atoms with Crippen LogP contribution in [0.3, 0.4) is 0 Å². The van der Waals surface area contributed by atoms with Crippen molar-refractivity contribution in [3.8, 4) is 5.75 Å². The second-order valence-electron chi connectivity index (χ2n) is 7.21. The molecule has 1 fully saturated rings. The Morgan fingerprint density at radius 3 is 2.52 bits per heavy atom. The van der Waals surface area contributed by atoms with Gasteiger partial charge in [0.05, 0.1) is 0 Å². The first-order valence-corrected chi connectivity index (χ1v) is 9.14. The molecule has 0 bridgehead atoms. The summed E-state index contributed by atoms with van der Waals surface area (Å²) in [5, 5.41) is 2.80. The number of para-hydroxylation sites is 1. The van der Waals surface area contributed by atoms with E-state index in [4.69, 9.17) is 0 Å². The topological polar surface area (TPSA) is 58.6 Å². The molecule has 2 atom stereocenters. The molecule has 1 aliphatic carbocycles. The number of rotatable bonds is 6. The second kappa shape index (κ2) is 8.14. The van der Waals surface area contributed by atoms with Gasteiger partial charge in [0.25, 0.3) is 5.91 Å². The van der Waals surface area contributed by atoms with Crippen molar-refractivity contribution >= 4 is 17.5 Å². The molecule has 3 rings (SSSR count). The lowest BCUT2D eigenvalue weighted by atomic mass is 10.1. The van der Waals surface area contributed by atoms with Gasteiger partial charge in [-0.05, 0) is 36.6 Å². The number of halogens is 3. The van der Waals surface area contributed by atoms with Crippen molar-refractivity contribution in [1.82, 2.24) is 4.90 Å². The van der Waals surface area contributed by atoms with E-state index in [2.05, 4.69) is 10.1 Å². The molecule has 1 N–H and O–H groups in total. The standard InChI is InChI=1S/C21H21F3N2O3/c1-13-10-17(13)19(27)25-16-8-5-7-14(11-16)20(28)26(2)12-15-6-3-4-9-18(15)29-21(22,23)24/h3-9,11,13,17H,10,12H2,1-2H3,(H,25,27). The van der Waals surface area contributed by atoms with Gasteiger partial charge in [0, 0.05) is 36.3 Å². The number of nitrogens with zero attached hydrogens (tertiary/aromatic N) is 1. The summed E-state index contributed by atoms with van der Waals surface area (Å²) < 4.78 is 41.8. The predicted octanol–water partition coefficient (Wildman–Crippen LogP) is 4.45. The van der Waals surface area contributed by atoms with E-state index < -0.39 is 6.36 Å². The lowest BCUT2D eigenvalue weighted by molar-refractivity contribution is -0.275. The Kier molecular flexibility index (Phi) is 5.81. The van der Waals surface area contributed by atoms with Crippen LogP contribution in [-0.4, -0.2) is 30.1 Å². The molecule has 1 aliphatic rings. The molecule has 0 radical (unpaired) electrons. The summed E-state index contributed by atoms with van der Waals surface area (Å²) in [4.78, 5) is 26.1. The number of carbonyl (C=O) groups is 2. The van der Waals surface area contributed by atoms with Gasteiger partial charge in [-0.2, -0.15) is 0 Å². The first kappa shape index (κ1) is 20.7. The zero-order chi connectivity index (χ0) is 21.2. The molecule has 5 nitrogen and oxygen atoms in total. The van der Waals surface area contributed by atoms with Crippen LogP contribution >= 0.6 is 0 Å². The van der Waals surface area contributed by atoms with E-state index in [1.165, 1.54) is 30.1 Å². The van der Waals surface area contributed by atoms with Gasteiger partial charge in [-0.25, -0.2) is 0 Å². The van der Waals surface area contributed by atoms with Gasteiger partial charge < -0.3 is 15.0 Å². The summed E-state index contributed by atoms with van der Waals surface area (Å²) in [6.45, 7) is 1.93. The Labute approximate surface area is 166 Å². The summed E-state index contributed by atoms with van der Waals surface area (Å²) in [5.41, 5.74) is 1.06. The highest BCUT2D eigenvalue weighted by molar-refractivity contribution is 5.98. The first-order chi connectivity index (χ1) is 13.6. The van der Waals surface area contributed by atoms with E-state index in [1.54, 1.807) is 30.3 Å². The highest BCUT2D eigenvalue weighted by atomic mass is 19.4.